The zero-order valence-electron chi connectivity index (χ0n) is 11.6. The van der Waals surface area contributed by atoms with Crippen molar-refractivity contribution in [2.75, 3.05) is 16.8 Å². The third-order valence-corrected chi connectivity index (χ3v) is 5.28. The van der Waals surface area contributed by atoms with Crippen LogP contribution in [0.4, 0.5) is 11.4 Å². The van der Waals surface area contributed by atoms with E-state index in [1.807, 2.05) is 0 Å². The van der Waals surface area contributed by atoms with Crippen molar-refractivity contribution in [2.45, 2.75) is 12.5 Å². The molecule has 2 amide bonds. The highest BCUT2D eigenvalue weighted by atomic mass is 35.5. The fourth-order valence-electron chi connectivity index (χ4n) is 2.06. The first-order chi connectivity index (χ1) is 10.7. The van der Waals surface area contributed by atoms with Crippen molar-refractivity contribution >= 4 is 44.6 Å². The number of amides is 2. The summed E-state index contributed by atoms with van der Waals surface area (Å²) in [5, 5.41) is 15.2. The maximum atomic E-state index is 11.8. The number of carbonyl (C=O) groups is 2. The number of nitrogens with one attached hydrogen (secondary N) is 2. The minimum atomic E-state index is -3.19. The van der Waals surface area contributed by atoms with Crippen LogP contribution in [0.5, 0.6) is 0 Å². The summed E-state index contributed by atoms with van der Waals surface area (Å²) >= 11 is 5.81. The van der Waals surface area contributed by atoms with Crippen molar-refractivity contribution in [1.82, 2.24) is 5.32 Å². The van der Waals surface area contributed by atoms with Crippen molar-refractivity contribution in [2.24, 2.45) is 0 Å². The summed E-state index contributed by atoms with van der Waals surface area (Å²) in [6.07, 6.45) is 0.235. The van der Waals surface area contributed by atoms with Gasteiger partial charge in [-0.1, -0.05) is 11.6 Å². The Morgan fingerprint density at radius 1 is 1.30 bits per heavy atom. The van der Waals surface area contributed by atoms with Crippen LogP contribution in [0.15, 0.2) is 18.2 Å². The zero-order valence-corrected chi connectivity index (χ0v) is 13.2. The number of nitro groups is 1. The van der Waals surface area contributed by atoms with Crippen LogP contribution in [0.3, 0.4) is 0 Å². The smallest absolute Gasteiger partial charge is 0.313 e. The van der Waals surface area contributed by atoms with Gasteiger partial charge in [-0.25, -0.2) is 8.42 Å². The molecule has 1 heterocycles. The van der Waals surface area contributed by atoms with Gasteiger partial charge in [-0.05, 0) is 12.5 Å². The molecule has 1 aromatic carbocycles. The highest BCUT2D eigenvalue weighted by molar-refractivity contribution is 7.91. The highest BCUT2D eigenvalue weighted by Gasteiger charge is 2.30. The second kappa shape index (κ2) is 6.50. The van der Waals surface area contributed by atoms with Crippen LogP contribution in [0.2, 0.25) is 5.02 Å². The van der Waals surface area contributed by atoms with Crippen LogP contribution in [0.1, 0.15) is 6.42 Å². The molecule has 1 unspecified atom stereocenters. The molecule has 0 bridgehead atoms. The van der Waals surface area contributed by atoms with Crippen LogP contribution >= 0.6 is 11.6 Å². The first-order valence-electron chi connectivity index (χ1n) is 6.44. The van der Waals surface area contributed by atoms with Crippen LogP contribution in [0, 0.1) is 10.1 Å². The molecule has 0 aliphatic carbocycles. The first-order valence-corrected chi connectivity index (χ1v) is 8.64. The summed E-state index contributed by atoms with van der Waals surface area (Å²) in [6.45, 7) is 0. The number of nitrogens with zero attached hydrogens (tertiary/aromatic N) is 1. The lowest BCUT2D eigenvalue weighted by molar-refractivity contribution is -0.384. The molecule has 1 aromatic rings. The fourth-order valence-corrected chi connectivity index (χ4v) is 3.90. The van der Waals surface area contributed by atoms with E-state index in [4.69, 9.17) is 11.6 Å². The molecule has 1 atom stereocenters. The van der Waals surface area contributed by atoms with E-state index in [0.717, 1.165) is 12.1 Å². The minimum absolute atomic E-state index is 0.0280. The molecule has 1 aliphatic heterocycles. The number of sulfone groups is 1. The molecular formula is C12H12ClN3O6S. The van der Waals surface area contributed by atoms with Crippen LogP contribution < -0.4 is 10.6 Å². The number of carbonyl (C=O) groups excluding carboxylic acids is 2. The van der Waals surface area contributed by atoms with Gasteiger partial charge in [0, 0.05) is 18.2 Å². The van der Waals surface area contributed by atoms with E-state index in [9.17, 15) is 28.1 Å². The standard InChI is InChI=1S/C12H12ClN3O6S/c13-9-2-1-8(16(19)20)5-10(9)15-12(18)11(17)14-7-3-4-23(21,22)6-7/h1-2,5,7H,3-4,6H2,(H,14,17)(H,15,18). The fraction of sp³-hybridized carbons (Fsp3) is 0.333. The Labute approximate surface area is 136 Å². The summed E-state index contributed by atoms with van der Waals surface area (Å²) < 4.78 is 22.6. The number of halogens is 1. The maximum Gasteiger partial charge on any atom is 0.313 e. The predicted octanol–water partition coefficient (Wildman–Crippen LogP) is 0.490. The van der Waals surface area contributed by atoms with Gasteiger partial charge in [0.15, 0.2) is 9.84 Å². The molecule has 0 aromatic heterocycles. The van der Waals surface area contributed by atoms with E-state index in [0.29, 0.717) is 0 Å². The number of hydrogen-bond acceptors (Lipinski definition) is 6. The molecule has 0 spiro atoms. The molecular weight excluding hydrogens is 350 g/mol. The van der Waals surface area contributed by atoms with Crippen molar-refractivity contribution in [3.8, 4) is 0 Å². The number of non-ortho nitro benzene ring substituents is 1. The average Bonchev–Trinajstić information content (AvgIpc) is 2.79. The van der Waals surface area contributed by atoms with E-state index in [1.165, 1.54) is 6.07 Å². The Kier molecular flexibility index (Phi) is 4.85. The molecule has 1 fully saturated rings. The average molecular weight is 362 g/mol. The van der Waals surface area contributed by atoms with Crippen molar-refractivity contribution in [3.63, 3.8) is 0 Å². The van der Waals surface area contributed by atoms with E-state index < -0.39 is 32.6 Å². The van der Waals surface area contributed by atoms with Gasteiger partial charge in [0.2, 0.25) is 0 Å². The Balaban J connectivity index is 2.03. The van der Waals surface area contributed by atoms with Gasteiger partial charge in [0.25, 0.3) is 5.69 Å². The molecule has 124 valence electrons. The summed E-state index contributed by atoms with van der Waals surface area (Å²) in [7, 11) is -3.19. The molecule has 0 radical (unpaired) electrons. The zero-order chi connectivity index (χ0) is 17.2. The van der Waals surface area contributed by atoms with Crippen LogP contribution in [-0.4, -0.2) is 42.7 Å². The van der Waals surface area contributed by atoms with E-state index in [2.05, 4.69) is 10.6 Å². The highest BCUT2D eigenvalue weighted by Crippen LogP contribution is 2.26. The normalized spacial score (nSPS) is 19.1. The topological polar surface area (TPSA) is 135 Å². The number of nitro benzene ring substituents is 1. The van der Waals surface area contributed by atoms with Gasteiger partial charge >= 0.3 is 11.8 Å². The number of hydrogen-bond donors (Lipinski definition) is 2. The quantitative estimate of drug-likeness (QED) is 0.457. The molecule has 9 nitrogen and oxygen atoms in total. The number of anilines is 1. The Hall–Kier alpha value is -2.20. The molecule has 0 saturated carbocycles. The maximum absolute atomic E-state index is 11.8. The lowest BCUT2D eigenvalue weighted by atomic mass is 10.2. The largest absolute Gasteiger partial charge is 0.344 e. The van der Waals surface area contributed by atoms with Crippen LogP contribution in [0.25, 0.3) is 0 Å². The van der Waals surface area contributed by atoms with Crippen molar-refractivity contribution in [1.29, 1.82) is 0 Å². The second-order valence-corrected chi connectivity index (χ2v) is 7.58. The number of rotatable bonds is 3. The Morgan fingerprint density at radius 2 is 2.00 bits per heavy atom. The predicted molar refractivity (Wildman–Crippen MR) is 81.9 cm³/mol. The van der Waals surface area contributed by atoms with Gasteiger partial charge < -0.3 is 10.6 Å². The van der Waals surface area contributed by atoms with Gasteiger partial charge in [-0.3, -0.25) is 19.7 Å². The Morgan fingerprint density at radius 3 is 2.57 bits per heavy atom. The van der Waals surface area contributed by atoms with E-state index in [1.54, 1.807) is 0 Å². The first kappa shape index (κ1) is 17.2. The third kappa shape index (κ3) is 4.39. The second-order valence-electron chi connectivity index (χ2n) is 4.95. The van der Waals surface area contributed by atoms with Gasteiger partial charge in [0.05, 0.1) is 27.1 Å². The molecule has 1 aliphatic rings. The lowest BCUT2D eigenvalue weighted by Gasteiger charge is -2.11. The van der Waals surface area contributed by atoms with Gasteiger partial charge in [-0.15, -0.1) is 0 Å². The number of benzene rings is 1. The summed E-state index contributed by atoms with van der Waals surface area (Å²) in [5.74, 6) is -2.38. The monoisotopic (exact) mass is 361 g/mol. The van der Waals surface area contributed by atoms with E-state index in [-0.39, 0.29) is 34.3 Å². The van der Waals surface area contributed by atoms with Gasteiger partial charge in [-0.2, -0.15) is 0 Å². The SMILES string of the molecule is O=C(Nc1cc([N+](=O)[O-])ccc1Cl)C(=O)NC1CCS(=O)(=O)C1. The molecule has 23 heavy (non-hydrogen) atoms. The van der Waals surface area contributed by atoms with Crippen molar-refractivity contribution in [3.05, 3.63) is 33.3 Å². The molecule has 2 rings (SSSR count). The molecule has 1 saturated heterocycles. The van der Waals surface area contributed by atoms with E-state index >= 15 is 0 Å². The van der Waals surface area contributed by atoms with Crippen molar-refractivity contribution < 1.29 is 22.9 Å². The molecule has 2 N–H and O–H groups in total. The summed E-state index contributed by atoms with van der Waals surface area (Å²) in [5.41, 5.74) is -0.382. The third-order valence-electron chi connectivity index (χ3n) is 3.18. The van der Waals surface area contributed by atoms with Gasteiger partial charge in [0.1, 0.15) is 0 Å². The summed E-state index contributed by atoms with van der Waals surface area (Å²) in [4.78, 5) is 33.6. The molecule has 11 heteroatoms. The summed E-state index contributed by atoms with van der Waals surface area (Å²) in [6, 6.07) is 2.77. The minimum Gasteiger partial charge on any atom is -0.344 e. The lowest BCUT2D eigenvalue weighted by Crippen LogP contribution is -2.42. The Bertz CT molecular complexity index is 779. The van der Waals surface area contributed by atoms with Crippen LogP contribution in [-0.2, 0) is 19.4 Å².